The van der Waals surface area contributed by atoms with E-state index in [4.69, 9.17) is 11.6 Å². The molecule has 1 saturated heterocycles. The van der Waals surface area contributed by atoms with Crippen molar-refractivity contribution >= 4 is 17.5 Å². The number of hydrogen-bond donors (Lipinski definition) is 1. The van der Waals surface area contributed by atoms with Crippen molar-refractivity contribution in [3.8, 4) is 22.4 Å². The minimum absolute atomic E-state index is 0.0488. The normalized spacial score (nSPS) is 15.1. The van der Waals surface area contributed by atoms with Crippen LogP contribution in [-0.2, 0) is 5.41 Å². The van der Waals surface area contributed by atoms with E-state index in [-0.39, 0.29) is 17.4 Å². The maximum Gasteiger partial charge on any atom is 0.253 e. The van der Waals surface area contributed by atoms with E-state index in [1.807, 2.05) is 36.5 Å². The Hall–Kier alpha value is -2.76. The first kappa shape index (κ1) is 22.4. The fourth-order valence-electron chi connectivity index (χ4n) is 3.89. The molecule has 0 unspecified atom stereocenters. The number of halogens is 1. The number of pyridine rings is 2. The van der Waals surface area contributed by atoms with Crippen LogP contribution in [0.4, 0.5) is 0 Å². The number of amides is 1. The smallest absolute Gasteiger partial charge is 0.253 e. The summed E-state index contributed by atoms with van der Waals surface area (Å²) in [5, 5.41) is 10.2. The van der Waals surface area contributed by atoms with Crippen LogP contribution in [0.5, 0.6) is 0 Å². The van der Waals surface area contributed by atoms with Gasteiger partial charge in [-0.1, -0.05) is 38.4 Å². The lowest BCUT2D eigenvalue weighted by molar-refractivity contribution is 0.0546. The number of aromatic nitrogens is 2. The Morgan fingerprint density at radius 3 is 2.38 bits per heavy atom. The van der Waals surface area contributed by atoms with Crippen LogP contribution in [0.25, 0.3) is 22.4 Å². The van der Waals surface area contributed by atoms with Gasteiger partial charge in [0.2, 0.25) is 0 Å². The Morgan fingerprint density at radius 1 is 1.00 bits per heavy atom. The Balaban J connectivity index is 1.60. The van der Waals surface area contributed by atoms with Crippen molar-refractivity contribution in [2.24, 2.45) is 0 Å². The van der Waals surface area contributed by atoms with Gasteiger partial charge in [0.25, 0.3) is 5.91 Å². The highest BCUT2D eigenvalue weighted by atomic mass is 35.5. The van der Waals surface area contributed by atoms with Gasteiger partial charge in [0.1, 0.15) is 0 Å². The average Bonchev–Trinajstić information content (AvgIpc) is 2.78. The molecule has 5 nitrogen and oxygen atoms in total. The lowest BCUT2D eigenvalue weighted by Gasteiger charge is -2.29. The van der Waals surface area contributed by atoms with E-state index >= 15 is 0 Å². The molecule has 1 fully saturated rings. The third-order valence-corrected chi connectivity index (χ3v) is 6.18. The summed E-state index contributed by atoms with van der Waals surface area (Å²) in [6.07, 6.45) is 4.51. The van der Waals surface area contributed by atoms with E-state index < -0.39 is 0 Å². The maximum atomic E-state index is 12.8. The summed E-state index contributed by atoms with van der Waals surface area (Å²) in [6.45, 7) is 7.54. The first-order valence-electron chi connectivity index (χ1n) is 10.9. The van der Waals surface area contributed by atoms with Gasteiger partial charge in [-0.05, 0) is 54.8 Å². The van der Waals surface area contributed by atoms with E-state index in [0.29, 0.717) is 36.5 Å². The van der Waals surface area contributed by atoms with Gasteiger partial charge in [-0.15, -0.1) is 0 Å². The molecule has 0 bridgehead atoms. The SMILES string of the molecule is CC(C)(C)c1cc(-c2cc(-c3ccc(C(=O)N4CCC(O)CC4)cc3Cl)ccn2)ccn1. The first-order chi connectivity index (χ1) is 15.2. The minimum Gasteiger partial charge on any atom is -0.393 e. The van der Waals surface area contributed by atoms with Gasteiger partial charge in [-0.3, -0.25) is 14.8 Å². The predicted octanol–water partition coefficient (Wildman–Crippen LogP) is 5.36. The minimum atomic E-state index is -0.314. The molecule has 1 aliphatic rings. The van der Waals surface area contributed by atoms with Gasteiger partial charge in [-0.25, -0.2) is 0 Å². The highest BCUT2D eigenvalue weighted by Crippen LogP contribution is 2.32. The molecule has 0 radical (unpaired) electrons. The molecular formula is C26H28ClN3O2. The topological polar surface area (TPSA) is 66.3 Å². The van der Waals surface area contributed by atoms with Crippen LogP contribution in [0.1, 0.15) is 49.7 Å². The second-order valence-corrected chi connectivity index (χ2v) is 9.73. The summed E-state index contributed by atoms with van der Waals surface area (Å²) in [5.74, 6) is -0.0488. The molecule has 4 rings (SSSR count). The van der Waals surface area contributed by atoms with E-state index in [1.165, 1.54) is 0 Å². The number of carbonyl (C=O) groups excluding carboxylic acids is 1. The van der Waals surface area contributed by atoms with Gasteiger partial charge in [0, 0.05) is 58.3 Å². The summed E-state index contributed by atoms with van der Waals surface area (Å²) in [5.41, 5.74) is 5.16. The Bertz CT molecular complexity index is 1130. The number of carbonyl (C=O) groups is 1. The molecule has 3 heterocycles. The monoisotopic (exact) mass is 449 g/mol. The van der Waals surface area contributed by atoms with Gasteiger partial charge in [0.15, 0.2) is 0 Å². The van der Waals surface area contributed by atoms with Crippen LogP contribution < -0.4 is 0 Å². The van der Waals surface area contributed by atoms with Crippen molar-refractivity contribution in [2.45, 2.75) is 45.1 Å². The lowest BCUT2D eigenvalue weighted by atomic mass is 9.90. The third kappa shape index (κ3) is 4.84. The van der Waals surface area contributed by atoms with Crippen molar-refractivity contribution in [2.75, 3.05) is 13.1 Å². The highest BCUT2D eigenvalue weighted by molar-refractivity contribution is 6.33. The van der Waals surface area contributed by atoms with Crippen molar-refractivity contribution in [1.29, 1.82) is 0 Å². The molecule has 3 aromatic rings. The van der Waals surface area contributed by atoms with E-state index in [2.05, 4.69) is 36.8 Å². The quantitative estimate of drug-likeness (QED) is 0.584. The van der Waals surface area contributed by atoms with Crippen LogP contribution in [0.2, 0.25) is 5.02 Å². The lowest BCUT2D eigenvalue weighted by Crippen LogP contribution is -2.40. The van der Waals surface area contributed by atoms with Crippen molar-refractivity contribution in [1.82, 2.24) is 14.9 Å². The summed E-state index contributed by atoms with van der Waals surface area (Å²) in [7, 11) is 0. The summed E-state index contributed by atoms with van der Waals surface area (Å²) < 4.78 is 0. The maximum absolute atomic E-state index is 12.8. The summed E-state index contributed by atoms with van der Waals surface area (Å²) in [4.78, 5) is 23.7. The van der Waals surface area contributed by atoms with Gasteiger partial charge in [-0.2, -0.15) is 0 Å². The molecule has 1 N–H and O–H groups in total. The van der Waals surface area contributed by atoms with Gasteiger partial charge >= 0.3 is 0 Å². The number of hydrogen-bond acceptors (Lipinski definition) is 4. The van der Waals surface area contributed by atoms with Gasteiger partial charge in [0.05, 0.1) is 11.8 Å². The summed E-state index contributed by atoms with van der Waals surface area (Å²) >= 11 is 6.61. The first-order valence-corrected chi connectivity index (χ1v) is 11.3. The standard InChI is InChI=1S/C26H28ClN3O2/c1-26(2,3)24-16-18(7-11-29-24)23-15-17(6-10-28-23)21-5-4-19(14-22(21)27)25(32)30-12-8-20(31)9-13-30/h4-7,10-11,14-16,20,31H,8-9,12-13H2,1-3H3. The Labute approximate surface area is 194 Å². The number of aliphatic hydroxyl groups is 1. The Morgan fingerprint density at radius 2 is 1.69 bits per heavy atom. The molecule has 166 valence electrons. The second-order valence-electron chi connectivity index (χ2n) is 9.33. The van der Waals surface area contributed by atoms with Crippen molar-refractivity contribution in [3.05, 3.63) is 71.1 Å². The zero-order valence-corrected chi connectivity index (χ0v) is 19.4. The van der Waals surface area contributed by atoms with Crippen LogP contribution in [0, 0.1) is 0 Å². The fraction of sp³-hybridized carbons (Fsp3) is 0.346. The number of benzene rings is 1. The molecule has 1 amide bonds. The molecule has 6 heteroatoms. The number of rotatable bonds is 3. The molecule has 0 saturated carbocycles. The van der Waals surface area contributed by atoms with Crippen molar-refractivity contribution in [3.63, 3.8) is 0 Å². The van der Waals surface area contributed by atoms with Crippen molar-refractivity contribution < 1.29 is 9.90 Å². The van der Waals surface area contributed by atoms with E-state index in [1.54, 1.807) is 17.2 Å². The molecule has 1 aliphatic heterocycles. The fourth-order valence-corrected chi connectivity index (χ4v) is 4.18. The highest BCUT2D eigenvalue weighted by Gasteiger charge is 2.23. The molecule has 0 atom stereocenters. The van der Waals surface area contributed by atoms with Crippen LogP contribution in [0.3, 0.4) is 0 Å². The van der Waals surface area contributed by atoms with Gasteiger partial charge < -0.3 is 10.0 Å². The number of piperidine rings is 1. The zero-order valence-electron chi connectivity index (χ0n) is 18.7. The van der Waals surface area contributed by atoms with Crippen LogP contribution >= 0.6 is 11.6 Å². The van der Waals surface area contributed by atoms with Crippen LogP contribution in [0.15, 0.2) is 54.9 Å². The second kappa shape index (κ2) is 9.00. The third-order valence-electron chi connectivity index (χ3n) is 5.86. The largest absolute Gasteiger partial charge is 0.393 e. The molecule has 32 heavy (non-hydrogen) atoms. The average molecular weight is 450 g/mol. The zero-order chi connectivity index (χ0) is 22.9. The molecule has 2 aromatic heterocycles. The summed E-state index contributed by atoms with van der Waals surface area (Å²) in [6, 6.07) is 13.4. The number of nitrogens with zero attached hydrogens (tertiary/aromatic N) is 3. The van der Waals surface area contributed by atoms with Crippen LogP contribution in [-0.4, -0.2) is 45.1 Å². The van der Waals surface area contributed by atoms with E-state index in [0.717, 1.165) is 28.1 Å². The molecular weight excluding hydrogens is 422 g/mol. The molecule has 1 aromatic carbocycles. The predicted molar refractivity (Wildman–Crippen MR) is 128 cm³/mol. The molecule has 0 aliphatic carbocycles. The number of aliphatic hydroxyl groups excluding tert-OH is 1. The number of likely N-dealkylation sites (tertiary alicyclic amines) is 1. The Kier molecular flexibility index (Phi) is 6.31. The van der Waals surface area contributed by atoms with E-state index in [9.17, 15) is 9.90 Å². The molecule has 0 spiro atoms.